The van der Waals surface area contributed by atoms with Gasteiger partial charge in [-0.3, -0.25) is 4.79 Å². The first-order valence-corrected chi connectivity index (χ1v) is 5.87. The van der Waals surface area contributed by atoms with E-state index in [1.807, 2.05) is 19.1 Å². The standard InChI is InChI=1S/C13H20N2O3/c1-10-4-3-5-11(14)12(10)13(17)15(2)6-8-18-9-7-16/h3-5,16H,6-9,14H2,1-2H3. The summed E-state index contributed by atoms with van der Waals surface area (Å²) in [6, 6.07) is 5.40. The molecule has 100 valence electrons. The zero-order valence-electron chi connectivity index (χ0n) is 10.8. The van der Waals surface area contributed by atoms with Crippen molar-refractivity contribution in [2.45, 2.75) is 6.92 Å². The summed E-state index contributed by atoms with van der Waals surface area (Å²) in [7, 11) is 1.70. The van der Waals surface area contributed by atoms with Crippen LogP contribution in [0, 0.1) is 6.92 Å². The number of hydrogen-bond acceptors (Lipinski definition) is 4. The first kappa shape index (κ1) is 14.5. The van der Waals surface area contributed by atoms with Crippen molar-refractivity contribution in [3.05, 3.63) is 29.3 Å². The molecule has 0 aromatic heterocycles. The maximum atomic E-state index is 12.2. The van der Waals surface area contributed by atoms with Crippen LogP contribution in [0.15, 0.2) is 18.2 Å². The zero-order valence-corrected chi connectivity index (χ0v) is 10.8. The molecule has 0 spiro atoms. The highest BCUT2D eigenvalue weighted by Crippen LogP contribution is 2.17. The average Bonchev–Trinajstić information content (AvgIpc) is 2.34. The molecule has 0 saturated heterocycles. The van der Waals surface area contributed by atoms with Gasteiger partial charge in [0.05, 0.1) is 25.4 Å². The summed E-state index contributed by atoms with van der Waals surface area (Å²) in [6.07, 6.45) is 0. The molecule has 3 N–H and O–H groups in total. The van der Waals surface area contributed by atoms with E-state index >= 15 is 0 Å². The highest BCUT2D eigenvalue weighted by molar-refractivity contribution is 6.00. The Morgan fingerprint density at radius 1 is 1.44 bits per heavy atom. The maximum absolute atomic E-state index is 12.2. The minimum Gasteiger partial charge on any atom is -0.398 e. The van der Waals surface area contributed by atoms with Gasteiger partial charge < -0.3 is 20.5 Å². The number of likely N-dealkylation sites (N-methyl/N-ethyl adjacent to an activating group) is 1. The van der Waals surface area contributed by atoms with Crippen LogP contribution in [-0.2, 0) is 4.74 Å². The van der Waals surface area contributed by atoms with E-state index in [0.29, 0.717) is 24.4 Å². The van der Waals surface area contributed by atoms with E-state index in [9.17, 15) is 4.79 Å². The number of carbonyl (C=O) groups excluding carboxylic acids is 1. The molecule has 0 atom stereocenters. The van der Waals surface area contributed by atoms with Crippen molar-refractivity contribution in [1.29, 1.82) is 0 Å². The highest BCUT2D eigenvalue weighted by Gasteiger charge is 2.16. The van der Waals surface area contributed by atoms with Crippen molar-refractivity contribution in [3.8, 4) is 0 Å². The van der Waals surface area contributed by atoms with Gasteiger partial charge in [0.1, 0.15) is 0 Å². The topological polar surface area (TPSA) is 75.8 Å². The summed E-state index contributed by atoms with van der Waals surface area (Å²) in [4.78, 5) is 13.8. The van der Waals surface area contributed by atoms with E-state index in [4.69, 9.17) is 15.6 Å². The molecular formula is C13H20N2O3. The molecule has 0 bridgehead atoms. The van der Waals surface area contributed by atoms with Gasteiger partial charge in [0, 0.05) is 19.3 Å². The van der Waals surface area contributed by atoms with Gasteiger partial charge >= 0.3 is 0 Å². The third kappa shape index (κ3) is 3.72. The predicted molar refractivity (Wildman–Crippen MR) is 70.5 cm³/mol. The molecular weight excluding hydrogens is 232 g/mol. The first-order chi connectivity index (χ1) is 8.57. The van der Waals surface area contributed by atoms with E-state index in [0.717, 1.165) is 5.56 Å². The lowest BCUT2D eigenvalue weighted by Gasteiger charge is -2.19. The predicted octanol–water partition coefficient (Wildman–Crippen LogP) is 0.658. The number of ether oxygens (including phenoxy) is 1. The summed E-state index contributed by atoms with van der Waals surface area (Å²) >= 11 is 0. The summed E-state index contributed by atoms with van der Waals surface area (Å²) in [5, 5.41) is 8.57. The van der Waals surface area contributed by atoms with Crippen LogP contribution in [-0.4, -0.2) is 49.3 Å². The first-order valence-electron chi connectivity index (χ1n) is 5.87. The Morgan fingerprint density at radius 3 is 2.78 bits per heavy atom. The Bertz CT molecular complexity index is 387. The Balaban J connectivity index is 2.63. The van der Waals surface area contributed by atoms with Crippen molar-refractivity contribution < 1.29 is 14.6 Å². The van der Waals surface area contributed by atoms with Crippen molar-refractivity contribution in [3.63, 3.8) is 0 Å². The fourth-order valence-corrected chi connectivity index (χ4v) is 1.64. The molecule has 0 unspecified atom stereocenters. The number of amides is 1. The van der Waals surface area contributed by atoms with Gasteiger partial charge in [0.2, 0.25) is 0 Å². The van der Waals surface area contributed by atoms with Gasteiger partial charge in [-0.15, -0.1) is 0 Å². The van der Waals surface area contributed by atoms with E-state index in [2.05, 4.69) is 0 Å². The number of anilines is 1. The Hall–Kier alpha value is -1.59. The van der Waals surface area contributed by atoms with Crippen LogP contribution in [0.25, 0.3) is 0 Å². The lowest BCUT2D eigenvalue weighted by molar-refractivity contribution is 0.0619. The monoisotopic (exact) mass is 252 g/mol. The summed E-state index contributed by atoms with van der Waals surface area (Å²) < 4.78 is 5.12. The van der Waals surface area contributed by atoms with Crippen LogP contribution < -0.4 is 5.73 Å². The van der Waals surface area contributed by atoms with Crippen molar-refractivity contribution >= 4 is 11.6 Å². The number of nitrogens with zero attached hydrogens (tertiary/aromatic N) is 1. The number of rotatable bonds is 6. The number of carbonyl (C=O) groups is 1. The zero-order chi connectivity index (χ0) is 13.5. The SMILES string of the molecule is Cc1cccc(N)c1C(=O)N(C)CCOCCO. The molecule has 0 saturated carbocycles. The minimum absolute atomic E-state index is 0.0115. The number of nitrogens with two attached hydrogens (primary N) is 1. The quantitative estimate of drug-likeness (QED) is 0.576. The number of aliphatic hydroxyl groups excluding tert-OH is 1. The third-order valence-corrected chi connectivity index (χ3v) is 2.67. The molecule has 0 aliphatic heterocycles. The molecule has 1 amide bonds. The average molecular weight is 252 g/mol. The van der Waals surface area contributed by atoms with E-state index in [-0.39, 0.29) is 19.1 Å². The lowest BCUT2D eigenvalue weighted by atomic mass is 10.1. The van der Waals surface area contributed by atoms with Gasteiger partial charge in [-0.1, -0.05) is 12.1 Å². The molecule has 0 aliphatic carbocycles. The number of aliphatic hydroxyl groups is 1. The van der Waals surface area contributed by atoms with Crippen molar-refractivity contribution in [2.24, 2.45) is 0 Å². The molecule has 0 radical (unpaired) electrons. The second-order valence-electron chi connectivity index (χ2n) is 4.10. The molecule has 5 heteroatoms. The Labute approximate surface area is 107 Å². The van der Waals surface area contributed by atoms with Crippen LogP contribution in [0.4, 0.5) is 5.69 Å². The Morgan fingerprint density at radius 2 is 2.17 bits per heavy atom. The summed E-state index contributed by atoms with van der Waals surface area (Å²) in [5.41, 5.74) is 7.72. The maximum Gasteiger partial charge on any atom is 0.256 e. The van der Waals surface area contributed by atoms with Crippen LogP contribution >= 0.6 is 0 Å². The Kier molecular flexibility index (Phi) is 5.61. The fraction of sp³-hybridized carbons (Fsp3) is 0.462. The minimum atomic E-state index is -0.113. The van der Waals surface area contributed by atoms with Gasteiger partial charge in [0.15, 0.2) is 0 Å². The molecule has 1 aromatic carbocycles. The van der Waals surface area contributed by atoms with Crippen LogP contribution in [0.5, 0.6) is 0 Å². The number of benzene rings is 1. The molecule has 18 heavy (non-hydrogen) atoms. The van der Waals surface area contributed by atoms with Crippen LogP contribution in [0.1, 0.15) is 15.9 Å². The second kappa shape index (κ2) is 6.98. The normalized spacial score (nSPS) is 10.4. The molecule has 1 aromatic rings. The summed E-state index contributed by atoms with van der Waals surface area (Å²) in [5.74, 6) is -0.113. The molecule has 1 rings (SSSR count). The highest BCUT2D eigenvalue weighted by atomic mass is 16.5. The van der Waals surface area contributed by atoms with Crippen molar-refractivity contribution in [1.82, 2.24) is 4.90 Å². The number of hydrogen-bond donors (Lipinski definition) is 2. The molecule has 0 aliphatic rings. The number of nitrogen functional groups attached to an aromatic ring is 1. The molecule has 0 fully saturated rings. The fourth-order valence-electron chi connectivity index (χ4n) is 1.64. The van der Waals surface area contributed by atoms with Crippen LogP contribution in [0.3, 0.4) is 0 Å². The second-order valence-corrected chi connectivity index (χ2v) is 4.10. The van der Waals surface area contributed by atoms with E-state index in [1.54, 1.807) is 18.0 Å². The van der Waals surface area contributed by atoms with Gasteiger partial charge in [-0.25, -0.2) is 0 Å². The number of aryl methyl sites for hydroxylation is 1. The van der Waals surface area contributed by atoms with Gasteiger partial charge in [-0.2, -0.15) is 0 Å². The molecule has 5 nitrogen and oxygen atoms in total. The van der Waals surface area contributed by atoms with E-state index in [1.165, 1.54) is 0 Å². The third-order valence-electron chi connectivity index (χ3n) is 2.67. The van der Waals surface area contributed by atoms with Crippen molar-refractivity contribution in [2.75, 3.05) is 39.1 Å². The van der Waals surface area contributed by atoms with Gasteiger partial charge in [0.25, 0.3) is 5.91 Å². The summed E-state index contributed by atoms with van der Waals surface area (Å²) in [6.45, 7) is 3.00. The van der Waals surface area contributed by atoms with E-state index < -0.39 is 0 Å². The largest absolute Gasteiger partial charge is 0.398 e. The lowest BCUT2D eigenvalue weighted by Crippen LogP contribution is -2.31. The van der Waals surface area contributed by atoms with Crippen LogP contribution in [0.2, 0.25) is 0 Å². The molecule has 0 heterocycles. The van der Waals surface area contributed by atoms with Gasteiger partial charge in [-0.05, 0) is 18.6 Å². The smallest absolute Gasteiger partial charge is 0.256 e.